The molecule has 5 heteroatoms. The SMILES string of the molecule is CCCCN(C)CCN=C(NCC)N1CCC(O)CC1. The van der Waals surface area contributed by atoms with Crippen LogP contribution in [0.25, 0.3) is 0 Å². The molecule has 0 amide bonds. The zero-order chi connectivity index (χ0) is 14.8. The first kappa shape index (κ1) is 17.2. The molecule has 1 fully saturated rings. The van der Waals surface area contributed by atoms with E-state index in [1.165, 1.54) is 12.8 Å². The highest BCUT2D eigenvalue weighted by molar-refractivity contribution is 5.80. The fraction of sp³-hybridized carbons (Fsp3) is 0.933. The summed E-state index contributed by atoms with van der Waals surface area (Å²) in [6.45, 7) is 10.0. The Labute approximate surface area is 124 Å². The molecule has 1 rings (SSSR count). The Balaban J connectivity index is 2.38. The van der Waals surface area contributed by atoms with Gasteiger partial charge in [0.25, 0.3) is 0 Å². The molecule has 0 unspecified atom stereocenters. The van der Waals surface area contributed by atoms with Crippen molar-refractivity contribution in [2.45, 2.75) is 45.6 Å². The van der Waals surface area contributed by atoms with Crippen molar-refractivity contribution in [1.29, 1.82) is 0 Å². The summed E-state index contributed by atoms with van der Waals surface area (Å²) in [5, 5.41) is 12.9. The molecule has 0 atom stereocenters. The van der Waals surface area contributed by atoms with Gasteiger partial charge in [0.2, 0.25) is 0 Å². The van der Waals surface area contributed by atoms with Gasteiger partial charge in [0.1, 0.15) is 0 Å². The Morgan fingerprint density at radius 2 is 2.00 bits per heavy atom. The van der Waals surface area contributed by atoms with Gasteiger partial charge in [0.15, 0.2) is 5.96 Å². The van der Waals surface area contributed by atoms with Crippen LogP contribution >= 0.6 is 0 Å². The van der Waals surface area contributed by atoms with Crippen LogP contribution in [0.2, 0.25) is 0 Å². The lowest BCUT2D eigenvalue weighted by atomic mass is 10.1. The van der Waals surface area contributed by atoms with Gasteiger partial charge in [-0.1, -0.05) is 13.3 Å². The van der Waals surface area contributed by atoms with Crippen molar-refractivity contribution in [1.82, 2.24) is 15.1 Å². The van der Waals surface area contributed by atoms with E-state index in [9.17, 15) is 5.11 Å². The van der Waals surface area contributed by atoms with Gasteiger partial charge < -0.3 is 20.2 Å². The van der Waals surface area contributed by atoms with Crippen LogP contribution in [0.5, 0.6) is 0 Å². The molecule has 0 aromatic carbocycles. The summed E-state index contributed by atoms with van der Waals surface area (Å²) in [5.74, 6) is 1.00. The maximum Gasteiger partial charge on any atom is 0.193 e. The van der Waals surface area contributed by atoms with E-state index in [1.54, 1.807) is 0 Å². The van der Waals surface area contributed by atoms with Crippen LogP contribution < -0.4 is 5.32 Å². The molecule has 20 heavy (non-hydrogen) atoms. The molecule has 1 aliphatic rings. The van der Waals surface area contributed by atoms with Crippen molar-refractivity contribution in [3.63, 3.8) is 0 Å². The molecule has 0 aromatic rings. The quantitative estimate of drug-likeness (QED) is 0.544. The number of hydrogen-bond donors (Lipinski definition) is 2. The minimum absolute atomic E-state index is 0.130. The summed E-state index contributed by atoms with van der Waals surface area (Å²) in [7, 11) is 2.16. The van der Waals surface area contributed by atoms with Crippen molar-refractivity contribution >= 4 is 5.96 Å². The Kier molecular flexibility index (Phi) is 8.62. The predicted octanol–water partition coefficient (Wildman–Crippen LogP) is 1.14. The number of aliphatic hydroxyl groups is 1. The van der Waals surface area contributed by atoms with Crippen molar-refractivity contribution < 1.29 is 5.11 Å². The smallest absolute Gasteiger partial charge is 0.193 e. The summed E-state index contributed by atoms with van der Waals surface area (Å²) in [6, 6.07) is 0. The van der Waals surface area contributed by atoms with Crippen LogP contribution in [0.1, 0.15) is 39.5 Å². The van der Waals surface area contributed by atoms with Gasteiger partial charge in [-0.2, -0.15) is 0 Å². The maximum absolute atomic E-state index is 9.58. The van der Waals surface area contributed by atoms with Crippen LogP contribution in [0, 0.1) is 0 Å². The number of aliphatic hydroxyl groups excluding tert-OH is 1. The van der Waals surface area contributed by atoms with Crippen molar-refractivity contribution in [2.75, 3.05) is 46.3 Å². The monoisotopic (exact) mass is 284 g/mol. The van der Waals surface area contributed by atoms with E-state index in [0.29, 0.717) is 0 Å². The van der Waals surface area contributed by atoms with Crippen molar-refractivity contribution in [3.8, 4) is 0 Å². The molecule has 5 nitrogen and oxygen atoms in total. The first-order chi connectivity index (χ1) is 9.67. The molecule has 118 valence electrons. The number of nitrogens with one attached hydrogen (secondary N) is 1. The van der Waals surface area contributed by atoms with Crippen LogP contribution in [0.3, 0.4) is 0 Å². The van der Waals surface area contributed by atoms with Gasteiger partial charge >= 0.3 is 0 Å². The van der Waals surface area contributed by atoms with Gasteiger partial charge in [-0.05, 0) is 39.8 Å². The molecule has 1 heterocycles. The number of piperidine rings is 1. The largest absolute Gasteiger partial charge is 0.393 e. The Morgan fingerprint density at radius 1 is 1.30 bits per heavy atom. The Hall–Kier alpha value is -0.810. The molecule has 0 aliphatic carbocycles. The molecular weight excluding hydrogens is 252 g/mol. The lowest BCUT2D eigenvalue weighted by Crippen LogP contribution is -2.46. The standard InChI is InChI=1S/C15H32N4O/c1-4-6-10-18(3)13-9-17-15(16-5-2)19-11-7-14(20)8-12-19/h14,20H,4-13H2,1-3H3,(H,16,17). The molecular formula is C15H32N4O. The Bertz CT molecular complexity index is 275. The summed E-state index contributed by atoms with van der Waals surface area (Å²) in [4.78, 5) is 9.33. The minimum Gasteiger partial charge on any atom is -0.393 e. The van der Waals surface area contributed by atoms with Crippen LogP contribution in [-0.4, -0.2) is 73.3 Å². The number of nitrogens with zero attached hydrogens (tertiary/aromatic N) is 3. The second-order valence-corrected chi connectivity index (χ2v) is 5.61. The summed E-state index contributed by atoms with van der Waals surface area (Å²) >= 11 is 0. The lowest BCUT2D eigenvalue weighted by Gasteiger charge is -2.32. The van der Waals surface area contributed by atoms with Gasteiger partial charge in [0, 0.05) is 26.2 Å². The van der Waals surface area contributed by atoms with E-state index >= 15 is 0 Å². The van der Waals surface area contributed by atoms with Gasteiger partial charge in [-0.3, -0.25) is 4.99 Å². The molecule has 1 aliphatic heterocycles. The third kappa shape index (κ3) is 6.57. The molecule has 0 saturated carbocycles. The average Bonchev–Trinajstić information content (AvgIpc) is 2.45. The molecule has 0 spiro atoms. The number of hydrogen-bond acceptors (Lipinski definition) is 3. The fourth-order valence-corrected chi connectivity index (χ4v) is 2.37. The summed E-state index contributed by atoms with van der Waals surface area (Å²) in [5.41, 5.74) is 0. The van der Waals surface area contributed by atoms with E-state index in [0.717, 1.165) is 58.1 Å². The second-order valence-electron chi connectivity index (χ2n) is 5.61. The average molecular weight is 284 g/mol. The second kappa shape index (κ2) is 10.00. The highest BCUT2D eigenvalue weighted by atomic mass is 16.3. The maximum atomic E-state index is 9.58. The topological polar surface area (TPSA) is 51.1 Å². The summed E-state index contributed by atoms with van der Waals surface area (Å²) in [6.07, 6.45) is 4.06. The first-order valence-electron chi connectivity index (χ1n) is 8.07. The Morgan fingerprint density at radius 3 is 2.60 bits per heavy atom. The number of aliphatic imine (C=N–C) groups is 1. The van der Waals surface area contributed by atoms with E-state index < -0.39 is 0 Å². The molecule has 1 saturated heterocycles. The fourth-order valence-electron chi connectivity index (χ4n) is 2.37. The number of unbranched alkanes of at least 4 members (excludes halogenated alkanes) is 1. The summed E-state index contributed by atoms with van der Waals surface area (Å²) < 4.78 is 0. The van der Waals surface area contributed by atoms with E-state index in [1.807, 2.05) is 0 Å². The predicted molar refractivity (Wildman–Crippen MR) is 85.2 cm³/mol. The third-order valence-corrected chi connectivity index (χ3v) is 3.74. The highest BCUT2D eigenvalue weighted by Crippen LogP contribution is 2.09. The molecule has 0 aromatic heterocycles. The zero-order valence-electron chi connectivity index (χ0n) is 13.4. The minimum atomic E-state index is -0.130. The molecule has 0 radical (unpaired) electrons. The van der Waals surface area contributed by atoms with Crippen LogP contribution in [0.4, 0.5) is 0 Å². The normalized spacial score (nSPS) is 17.9. The number of likely N-dealkylation sites (N-methyl/N-ethyl adjacent to an activating group) is 1. The van der Waals surface area contributed by atoms with Gasteiger partial charge in [-0.15, -0.1) is 0 Å². The lowest BCUT2D eigenvalue weighted by molar-refractivity contribution is 0.108. The highest BCUT2D eigenvalue weighted by Gasteiger charge is 2.19. The van der Waals surface area contributed by atoms with Crippen LogP contribution in [-0.2, 0) is 0 Å². The van der Waals surface area contributed by atoms with Crippen molar-refractivity contribution in [2.24, 2.45) is 4.99 Å². The molecule has 0 bridgehead atoms. The van der Waals surface area contributed by atoms with Gasteiger partial charge in [-0.25, -0.2) is 0 Å². The zero-order valence-corrected chi connectivity index (χ0v) is 13.4. The van der Waals surface area contributed by atoms with E-state index in [-0.39, 0.29) is 6.10 Å². The third-order valence-electron chi connectivity index (χ3n) is 3.74. The van der Waals surface area contributed by atoms with E-state index in [2.05, 4.69) is 36.0 Å². The van der Waals surface area contributed by atoms with Crippen LogP contribution in [0.15, 0.2) is 4.99 Å². The van der Waals surface area contributed by atoms with Crippen molar-refractivity contribution in [3.05, 3.63) is 0 Å². The van der Waals surface area contributed by atoms with E-state index in [4.69, 9.17) is 4.99 Å². The van der Waals surface area contributed by atoms with Gasteiger partial charge in [0.05, 0.1) is 12.6 Å². The number of likely N-dealkylation sites (tertiary alicyclic amines) is 1. The molecule has 2 N–H and O–H groups in total. The number of rotatable bonds is 7. The number of guanidine groups is 1. The first-order valence-corrected chi connectivity index (χ1v) is 8.07.